The average molecular weight is 366 g/mol. The van der Waals surface area contributed by atoms with Crippen molar-refractivity contribution in [2.45, 2.75) is 16.6 Å². The lowest BCUT2D eigenvalue weighted by Gasteiger charge is -2.16. The Labute approximate surface area is 156 Å². The Kier molecular flexibility index (Phi) is 4.51. The largest absolute Gasteiger partial charge is 0.508 e. The first-order chi connectivity index (χ1) is 12.2. The summed E-state index contributed by atoms with van der Waals surface area (Å²) in [6, 6.07) is 23.5. The number of thioether (sulfide) groups is 1. The third kappa shape index (κ3) is 3.58. The van der Waals surface area contributed by atoms with Crippen LogP contribution >= 0.6 is 23.4 Å². The summed E-state index contributed by atoms with van der Waals surface area (Å²) >= 11 is 7.88. The second-order valence-corrected chi connectivity index (χ2v) is 7.62. The van der Waals surface area contributed by atoms with Crippen molar-refractivity contribution in [2.24, 2.45) is 4.99 Å². The molecule has 1 aliphatic heterocycles. The van der Waals surface area contributed by atoms with Gasteiger partial charge in [-0.05, 0) is 59.7 Å². The molecule has 0 aliphatic carbocycles. The van der Waals surface area contributed by atoms with Gasteiger partial charge in [0.15, 0.2) is 0 Å². The molecule has 0 radical (unpaired) electrons. The molecule has 1 atom stereocenters. The zero-order chi connectivity index (χ0) is 17.2. The lowest BCUT2D eigenvalue weighted by molar-refractivity contribution is 0.475. The van der Waals surface area contributed by atoms with Crippen LogP contribution in [0.5, 0.6) is 5.75 Å². The monoisotopic (exact) mass is 365 g/mol. The molecule has 0 saturated carbocycles. The SMILES string of the molecule is Oc1ccc(C2=Nc3ccccc3S[C@H](c3ccc(Cl)cc3)C2)cc1. The number of aliphatic imine (C=N–C) groups is 1. The van der Waals surface area contributed by atoms with E-state index >= 15 is 0 Å². The molecule has 3 aromatic rings. The zero-order valence-corrected chi connectivity index (χ0v) is 15.0. The number of hydrogen-bond acceptors (Lipinski definition) is 3. The Balaban J connectivity index is 1.78. The Morgan fingerprint density at radius 3 is 2.40 bits per heavy atom. The Bertz CT molecular complexity index is 919. The highest BCUT2D eigenvalue weighted by atomic mass is 35.5. The molecule has 1 heterocycles. The van der Waals surface area contributed by atoms with Crippen LogP contribution in [0, 0.1) is 0 Å². The molecule has 1 aliphatic rings. The second-order valence-electron chi connectivity index (χ2n) is 5.94. The third-order valence-corrected chi connectivity index (χ3v) is 5.79. The van der Waals surface area contributed by atoms with E-state index in [1.165, 1.54) is 10.5 Å². The quantitative estimate of drug-likeness (QED) is 0.569. The maximum absolute atomic E-state index is 9.57. The summed E-state index contributed by atoms with van der Waals surface area (Å²) in [7, 11) is 0. The van der Waals surface area contributed by atoms with Gasteiger partial charge in [0.25, 0.3) is 0 Å². The molecule has 0 bridgehead atoms. The number of benzene rings is 3. The molecular formula is C21H16ClNOS. The molecule has 0 saturated heterocycles. The Hall–Kier alpha value is -2.23. The van der Waals surface area contributed by atoms with E-state index in [9.17, 15) is 5.11 Å². The van der Waals surface area contributed by atoms with Gasteiger partial charge in [0.2, 0.25) is 0 Å². The van der Waals surface area contributed by atoms with Gasteiger partial charge in [0.05, 0.1) is 5.69 Å². The lowest BCUT2D eigenvalue weighted by atomic mass is 10.0. The summed E-state index contributed by atoms with van der Waals surface area (Å²) in [5, 5.41) is 10.6. The van der Waals surface area contributed by atoms with Gasteiger partial charge in [0.1, 0.15) is 5.75 Å². The minimum absolute atomic E-state index is 0.258. The molecule has 3 aromatic carbocycles. The van der Waals surface area contributed by atoms with Crippen molar-refractivity contribution in [3.05, 3.63) is 88.9 Å². The fourth-order valence-corrected chi connectivity index (χ4v) is 4.27. The average Bonchev–Trinajstić information content (AvgIpc) is 2.82. The molecule has 4 rings (SSSR count). The van der Waals surface area contributed by atoms with Crippen molar-refractivity contribution in [2.75, 3.05) is 0 Å². The van der Waals surface area contributed by atoms with Crippen LogP contribution in [0.1, 0.15) is 22.8 Å². The Morgan fingerprint density at radius 1 is 0.920 bits per heavy atom. The standard InChI is InChI=1S/C21H16ClNOS/c22-16-9-5-15(6-10-16)21-13-19(14-7-11-17(24)12-8-14)23-18-3-1-2-4-20(18)25-21/h1-12,21,24H,13H2/t21-/m0/s1. The van der Waals surface area contributed by atoms with Gasteiger partial charge in [-0.2, -0.15) is 0 Å². The van der Waals surface area contributed by atoms with Crippen molar-refractivity contribution in [3.8, 4) is 5.75 Å². The fourth-order valence-electron chi connectivity index (χ4n) is 2.91. The first-order valence-corrected chi connectivity index (χ1v) is 9.33. The van der Waals surface area contributed by atoms with E-state index in [0.29, 0.717) is 0 Å². The zero-order valence-electron chi connectivity index (χ0n) is 13.4. The van der Waals surface area contributed by atoms with Crippen LogP contribution in [0.4, 0.5) is 5.69 Å². The number of hydrogen-bond donors (Lipinski definition) is 1. The van der Waals surface area contributed by atoms with Crippen molar-refractivity contribution >= 4 is 34.8 Å². The van der Waals surface area contributed by atoms with Crippen LogP contribution in [0.25, 0.3) is 0 Å². The van der Waals surface area contributed by atoms with Gasteiger partial charge < -0.3 is 5.11 Å². The van der Waals surface area contributed by atoms with Crippen LogP contribution in [-0.4, -0.2) is 10.8 Å². The number of fused-ring (bicyclic) bond motifs is 1. The highest BCUT2D eigenvalue weighted by Crippen LogP contribution is 2.45. The van der Waals surface area contributed by atoms with Gasteiger partial charge in [-0.25, -0.2) is 0 Å². The highest BCUT2D eigenvalue weighted by molar-refractivity contribution is 7.99. The molecule has 124 valence electrons. The molecule has 0 fully saturated rings. The first-order valence-electron chi connectivity index (χ1n) is 8.07. The van der Waals surface area contributed by atoms with Crippen LogP contribution in [-0.2, 0) is 0 Å². The summed E-state index contributed by atoms with van der Waals surface area (Å²) < 4.78 is 0. The van der Waals surface area contributed by atoms with Gasteiger partial charge in [0, 0.05) is 27.3 Å². The number of phenolic OH excluding ortho intramolecular Hbond substituents is 1. The molecule has 25 heavy (non-hydrogen) atoms. The van der Waals surface area contributed by atoms with Crippen LogP contribution in [0.15, 0.2) is 82.7 Å². The molecule has 1 N–H and O–H groups in total. The number of nitrogens with zero attached hydrogens (tertiary/aromatic N) is 1. The van der Waals surface area contributed by atoms with E-state index in [0.717, 1.165) is 28.4 Å². The molecule has 0 unspecified atom stereocenters. The number of para-hydroxylation sites is 1. The van der Waals surface area contributed by atoms with Gasteiger partial charge in [-0.15, -0.1) is 11.8 Å². The molecule has 0 spiro atoms. The predicted octanol–water partition coefficient (Wildman–Crippen LogP) is 6.40. The maximum atomic E-state index is 9.57. The summed E-state index contributed by atoms with van der Waals surface area (Å²) in [5.74, 6) is 0.266. The molecular weight excluding hydrogens is 350 g/mol. The topological polar surface area (TPSA) is 32.6 Å². The van der Waals surface area contributed by atoms with Crippen LogP contribution in [0.2, 0.25) is 5.02 Å². The van der Waals surface area contributed by atoms with Gasteiger partial charge in [-0.3, -0.25) is 4.99 Å². The summed E-state index contributed by atoms with van der Waals surface area (Å²) in [4.78, 5) is 6.10. The lowest BCUT2D eigenvalue weighted by Crippen LogP contribution is -2.05. The van der Waals surface area contributed by atoms with Crippen molar-refractivity contribution in [1.82, 2.24) is 0 Å². The van der Waals surface area contributed by atoms with E-state index in [4.69, 9.17) is 16.6 Å². The normalized spacial score (nSPS) is 16.7. The van der Waals surface area contributed by atoms with Gasteiger partial charge in [-0.1, -0.05) is 35.9 Å². The summed E-state index contributed by atoms with van der Waals surface area (Å²) in [5.41, 5.74) is 4.29. The summed E-state index contributed by atoms with van der Waals surface area (Å²) in [6.45, 7) is 0. The second kappa shape index (κ2) is 6.95. The number of aromatic hydroxyl groups is 1. The minimum Gasteiger partial charge on any atom is -0.508 e. The van der Waals surface area contributed by atoms with Gasteiger partial charge >= 0.3 is 0 Å². The van der Waals surface area contributed by atoms with E-state index in [1.807, 2.05) is 54.2 Å². The van der Waals surface area contributed by atoms with E-state index in [1.54, 1.807) is 12.1 Å². The van der Waals surface area contributed by atoms with Crippen LogP contribution < -0.4 is 0 Å². The highest BCUT2D eigenvalue weighted by Gasteiger charge is 2.22. The van der Waals surface area contributed by atoms with E-state index in [-0.39, 0.29) is 11.0 Å². The fraction of sp³-hybridized carbons (Fsp3) is 0.0952. The molecule has 4 heteroatoms. The smallest absolute Gasteiger partial charge is 0.115 e. The molecule has 0 amide bonds. The Morgan fingerprint density at radius 2 is 1.64 bits per heavy atom. The number of halogens is 1. The minimum atomic E-state index is 0.258. The summed E-state index contributed by atoms with van der Waals surface area (Å²) in [6.07, 6.45) is 0.811. The van der Waals surface area contributed by atoms with Crippen molar-refractivity contribution in [3.63, 3.8) is 0 Å². The molecule has 2 nitrogen and oxygen atoms in total. The first kappa shape index (κ1) is 16.2. The predicted molar refractivity (Wildman–Crippen MR) is 105 cm³/mol. The van der Waals surface area contributed by atoms with Crippen molar-refractivity contribution < 1.29 is 5.11 Å². The molecule has 0 aromatic heterocycles. The number of rotatable bonds is 2. The van der Waals surface area contributed by atoms with E-state index in [2.05, 4.69) is 18.2 Å². The maximum Gasteiger partial charge on any atom is 0.115 e. The number of phenols is 1. The third-order valence-electron chi connectivity index (χ3n) is 4.21. The van der Waals surface area contributed by atoms with Crippen LogP contribution in [0.3, 0.4) is 0 Å². The van der Waals surface area contributed by atoms with Crippen molar-refractivity contribution in [1.29, 1.82) is 0 Å². The van der Waals surface area contributed by atoms with E-state index < -0.39 is 0 Å².